The standard InChI is InChI=1S/C12H12N2O6/c1-13-9(15)6-20-11(12(16)17)10(13)7-3-2-4-8(5-7)14(18)19/h2-5,10-11H,6H2,1H3,(H,16,17). The van der Waals surface area contributed by atoms with Crippen LogP contribution in [0.5, 0.6) is 0 Å². The predicted molar refractivity (Wildman–Crippen MR) is 66.0 cm³/mol. The van der Waals surface area contributed by atoms with Crippen LogP contribution < -0.4 is 0 Å². The Bertz CT molecular complexity index is 573. The van der Waals surface area contributed by atoms with Gasteiger partial charge in [-0.2, -0.15) is 0 Å². The summed E-state index contributed by atoms with van der Waals surface area (Å²) in [5.41, 5.74) is 0.181. The summed E-state index contributed by atoms with van der Waals surface area (Å²) in [5, 5.41) is 19.9. The first-order valence-corrected chi connectivity index (χ1v) is 5.76. The van der Waals surface area contributed by atoms with E-state index in [2.05, 4.69) is 0 Å². The van der Waals surface area contributed by atoms with Crippen molar-refractivity contribution < 1.29 is 24.4 Å². The van der Waals surface area contributed by atoms with Gasteiger partial charge in [0.1, 0.15) is 6.61 Å². The molecule has 1 N–H and O–H groups in total. The zero-order chi connectivity index (χ0) is 14.9. The van der Waals surface area contributed by atoms with Crippen LogP contribution >= 0.6 is 0 Å². The summed E-state index contributed by atoms with van der Waals surface area (Å²) in [4.78, 5) is 34.3. The molecule has 1 heterocycles. The summed E-state index contributed by atoms with van der Waals surface area (Å²) < 4.78 is 5.03. The number of amides is 1. The van der Waals surface area contributed by atoms with Crippen LogP contribution in [0.2, 0.25) is 0 Å². The monoisotopic (exact) mass is 280 g/mol. The molecule has 0 saturated carbocycles. The second kappa shape index (κ2) is 5.25. The molecule has 0 aromatic heterocycles. The lowest BCUT2D eigenvalue weighted by Crippen LogP contribution is -2.50. The molecule has 1 aromatic carbocycles. The van der Waals surface area contributed by atoms with Crippen molar-refractivity contribution in [1.82, 2.24) is 4.90 Å². The lowest BCUT2D eigenvalue weighted by molar-refractivity contribution is -0.385. The maximum Gasteiger partial charge on any atom is 0.335 e. The summed E-state index contributed by atoms with van der Waals surface area (Å²) >= 11 is 0. The highest BCUT2D eigenvalue weighted by molar-refractivity contribution is 5.82. The minimum atomic E-state index is -1.25. The van der Waals surface area contributed by atoms with E-state index in [9.17, 15) is 19.7 Å². The van der Waals surface area contributed by atoms with Crippen LogP contribution in [0.4, 0.5) is 5.69 Å². The Morgan fingerprint density at radius 3 is 2.85 bits per heavy atom. The van der Waals surface area contributed by atoms with E-state index in [1.165, 1.54) is 36.2 Å². The maximum absolute atomic E-state index is 11.6. The van der Waals surface area contributed by atoms with Crippen LogP contribution in [0.15, 0.2) is 24.3 Å². The van der Waals surface area contributed by atoms with Crippen LogP contribution in [-0.2, 0) is 14.3 Å². The van der Waals surface area contributed by atoms with Crippen molar-refractivity contribution in [3.8, 4) is 0 Å². The van der Waals surface area contributed by atoms with Crippen molar-refractivity contribution in [1.29, 1.82) is 0 Å². The largest absolute Gasteiger partial charge is 0.479 e. The Labute approximate surface area is 113 Å². The smallest absolute Gasteiger partial charge is 0.335 e. The first kappa shape index (κ1) is 13.9. The molecule has 1 saturated heterocycles. The van der Waals surface area contributed by atoms with Crippen LogP contribution in [0.1, 0.15) is 11.6 Å². The van der Waals surface area contributed by atoms with Crippen molar-refractivity contribution >= 4 is 17.6 Å². The highest BCUT2D eigenvalue weighted by Gasteiger charge is 2.40. The molecule has 1 amide bonds. The molecule has 0 spiro atoms. The molecule has 0 aliphatic carbocycles. The number of carbonyl (C=O) groups excluding carboxylic acids is 1. The van der Waals surface area contributed by atoms with Gasteiger partial charge in [0, 0.05) is 19.2 Å². The van der Waals surface area contributed by atoms with E-state index in [-0.39, 0.29) is 18.2 Å². The van der Waals surface area contributed by atoms with Crippen molar-refractivity contribution in [3.63, 3.8) is 0 Å². The summed E-state index contributed by atoms with van der Waals surface area (Å²) in [6.07, 6.45) is -1.25. The van der Waals surface area contributed by atoms with E-state index in [0.29, 0.717) is 5.56 Å². The van der Waals surface area contributed by atoms with Gasteiger partial charge >= 0.3 is 5.97 Å². The topological polar surface area (TPSA) is 110 Å². The molecule has 106 valence electrons. The number of nitrogens with zero attached hydrogens (tertiary/aromatic N) is 2. The minimum Gasteiger partial charge on any atom is -0.479 e. The van der Waals surface area contributed by atoms with E-state index < -0.39 is 23.0 Å². The number of morpholine rings is 1. The molecule has 8 heteroatoms. The van der Waals surface area contributed by atoms with E-state index in [1.807, 2.05) is 0 Å². The summed E-state index contributed by atoms with van der Waals surface area (Å²) in [7, 11) is 1.45. The second-order valence-electron chi connectivity index (χ2n) is 4.37. The molecule has 1 aliphatic rings. The number of rotatable bonds is 3. The van der Waals surface area contributed by atoms with Gasteiger partial charge in [0.05, 0.1) is 11.0 Å². The highest BCUT2D eigenvalue weighted by Crippen LogP contribution is 2.31. The number of benzene rings is 1. The lowest BCUT2D eigenvalue weighted by Gasteiger charge is -2.36. The van der Waals surface area contributed by atoms with Gasteiger partial charge in [-0.25, -0.2) is 4.79 Å². The van der Waals surface area contributed by atoms with Crippen molar-refractivity contribution in [3.05, 3.63) is 39.9 Å². The zero-order valence-corrected chi connectivity index (χ0v) is 10.6. The number of likely N-dealkylation sites (N-methyl/N-ethyl adjacent to an activating group) is 1. The molecule has 0 bridgehead atoms. The van der Waals surface area contributed by atoms with Gasteiger partial charge in [-0.05, 0) is 5.56 Å². The quantitative estimate of drug-likeness (QED) is 0.640. The number of hydrogen-bond acceptors (Lipinski definition) is 5. The Morgan fingerprint density at radius 2 is 2.25 bits per heavy atom. The third-order valence-corrected chi connectivity index (χ3v) is 3.15. The molecule has 1 fully saturated rings. The molecule has 0 radical (unpaired) electrons. The van der Waals surface area contributed by atoms with Gasteiger partial charge in [-0.1, -0.05) is 12.1 Å². The average Bonchev–Trinajstić information content (AvgIpc) is 2.41. The van der Waals surface area contributed by atoms with E-state index in [4.69, 9.17) is 9.84 Å². The fourth-order valence-corrected chi connectivity index (χ4v) is 2.14. The molecular formula is C12H12N2O6. The van der Waals surface area contributed by atoms with Crippen LogP contribution in [0, 0.1) is 10.1 Å². The summed E-state index contributed by atoms with van der Waals surface area (Å²) in [6.45, 7) is -0.321. The fourth-order valence-electron chi connectivity index (χ4n) is 2.14. The normalized spacial score (nSPS) is 22.6. The van der Waals surface area contributed by atoms with E-state index >= 15 is 0 Å². The van der Waals surface area contributed by atoms with Crippen LogP contribution in [0.3, 0.4) is 0 Å². The third-order valence-electron chi connectivity index (χ3n) is 3.15. The van der Waals surface area contributed by atoms with Gasteiger partial charge in [0.25, 0.3) is 5.69 Å². The maximum atomic E-state index is 11.6. The minimum absolute atomic E-state index is 0.168. The number of nitro benzene ring substituents is 1. The third kappa shape index (κ3) is 2.45. The molecule has 1 aliphatic heterocycles. The number of nitro groups is 1. The molecule has 2 unspecified atom stereocenters. The number of carbonyl (C=O) groups is 2. The molecule has 2 atom stereocenters. The van der Waals surface area contributed by atoms with Crippen molar-refractivity contribution in [2.24, 2.45) is 0 Å². The number of aliphatic carboxylic acids is 1. The van der Waals surface area contributed by atoms with Crippen LogP contribution in [0.25, 0.3) is 0 Å². The lowest BCUT2D eigenvalue weighted by atomic mass is 9.98. The number of hydrogen-bond donors (Lipinski definition) is 1. The van der Waals surface area contributed by atoms with Gasteiger partial charge in [-0.3, -0.25) is 14.9 Å². The number of carboxylic acid groups (broad SMARTS) is 1. The average molecular weight is 280 g/mol. The molecule has 1 aromatic rings. The summed E-state index contributed by atoms with van der Waals surface area (Å²) in [6, 6.07) is 4.63. The Kier molecular flexibility index (Phi) is 3.66. The second-order valence-corrected chi connectivity index (χ2v) is 4.37. The molecule has 2 rings (SSSR count). The Hall–Kier alpha value is -2.48. The SMILES string of the molecule is CN1C(=O)COC(C(=O)O)C1c1cccc([N+](=O)[O-])c1. The number of carboxylic acids is 1. The van der Waals surface area contributed by atoms with Crippen LogP contribution in [-0.4, -0.2) is 46.6 Å². The van der Waals surface area contributed by atoms with Gasteiger partial charge < -0.3 is 14.7 Å². The number of non-ortho nitro benzene ring substituents is 1. The first-order valence-electron chi connectivity index (χ1n) is 5.76. The van der Waals surface area contributed by atoms with E-state index in [0.717, 1.165) is 0 Å². The van der Waals surface area contributed by atoms with E-state index in [1.54, 1.807) is 0 Å². The predicted octanol–water partition coefficient (Wildman–Crippen LogP) is 0.578. The fraction of sp³-hybridized carbons (Fsp3) is 0.333. The first-order chi connectivity index (χ1) is 9.41. The summed E-state index contributed by atoms with van der Waals surface area (Å²) in [5.74, 6) is -1.60. The van der Waals surface area contributed by atoms with Gasteiger partial charge in [0.15, 0.2) is 6.10 Å². The highest BCUT2D eigenvalue weighted by atomic mass is 16.6. The van der Waals surface area contributed by atoms with Gasteiger partial charge in [-0.15, -0.1) is 0 Å². The number of ether oxygens (including phenoxy) is 1. The molecule has 20 heavy (non-hydrogen) atoms. The molecule has 8 nitrogen and oxygen atoms in total. The van der Waals surface area contributed by atoms with Gasteiger partial charge in [0.2, 0.25) is 5.91 Å². The zero-order valence-electron chi connectivity index (χ0n) is 10.6. The Balaban J connectivity index is 2.44. The van der Waals surface area contributed by atoms with Crippen molar-refractivity contribution in [2.45, 2.75) is 12.1 Å². The van der Waals surface area contributed by atoms with Crippen molar-refractivity contribution in [2.75, 3.05) is 13.7 Å². The molecular weight excluding hydrogens is 268 g/mol. The Morgan fingerprint density at radius 1 is 1.55 bits per heavy atom.